The summed E-state index contributed by atoms with van der Waals surface area (Å²) >= 11 is 0. The minimum absolute atomic E-state index is 0.0266. The van der Waals surface area contributed by atoms with Crippen LogP contribution in [-0.2, 0) is 4.79 Å². The normalized spacial score (nSPS) is 25.8. The van der Waals surface area contributed by atoms with Crippen molar-refractivity contribution in [1.82, 2.24) is 10.6 Å². The number of aliphatic hydroxyl groups excluding tert-OH is 1. The molecule has 4 nitrogen and oxygen atoms in total. The fourth-order valence-corrected chi connectivity index (χ4v) is 1.46. The van der Waals surface area contributed by atoms with Crippen molar-refractivity contribution in [2.24, 2.45) is 5.92 Å². The summed E-state index contributed by atoms with van der Waals surface area (Å²) in [5, 5.41) is 13.2. The van der Waals surface area contributed by atoms with Crippen LogP contribution >= 0.6 is 0 Å². The molecule has 0 aromatic carbocycles. The third-order valence-corrected chi connectivity index (χ3v) is 2.21. The van der Waals surface area contributed by atoms with E-state index in [1.54, 1.807) is 0 Å². The molecule has 1 saturated heterocycles. The molecule has 1 rings (SSSR count). The van der Waals surface area contributed by atoms with Crippen molar-refractivity contribution in [2.75, 3.05) is 26.2 Å². The molecule has 0 bridgehead atoms. The maximum absolute atomic E-state index is 13.2. The number of carbonyl (C=O) groups excluding carboxylic acids is 1. The van der Waals surface area contributed by atoms with Gasteiger partial charge in [0.05, 0.1) is 13.2 Å². The summed E-state index contributed by atoms with van der Waals surface area (Å²) in [5.41, 5.74) is 0. The molecule has 1 aliphatic rings. The summed E-state index contributed by atoms with van der Waals surface area (Å²) in [6.45, 7) is -0.238. The van der Waals surface area contributed by atoms with Gasteiger partial charge in [0.2, 0.25) is 5.91 Å². The number of hydrogen-bond acceptors (Lipinski definition) is 3. The SMILES string of the molecule is O=C(NCCO)C1CCNCC1(F)F. The molecule has 1 aliphatic heterocycles. The number of halogens is 2. The van der Waals surface area contributed by atoms with E-state index in [0.717, 1.165) is 0 Å². The summed E-state index contributed by atoms with van der Waals surface area (Å²) in [6, 6.07) is 0. The Balaban J connectivity index is 2.51. The Morgan fingerprint density at radius 1 is 1.64 bits per heavy atom. The highest BCUT2D eigenvalue weighted by atomic mass is 19.3. The monoisotopic (exact) mass is 208 g/mol. The van der Waals surface area contributed by atoms with Crippen molar-refractivity contribution < 1.29 is 18.7 Å². The van der Waals surface area contributed by atoms with Gasteiger partial charge in [0.15, 0.2) is 0 Å². The third-order valence-electron chi connectivity index (χ3n) is 2.21. The number of aliphatic hydroxyl groups is 1. The fraction of sp³-hybridized carbons (Fsp3) is 0.875. The summed E-state index contributed by atoms with van der Waals surface area (Å²) in [5.74, 6) is -4.93. The van der Waals surface area contributed by atoms with E-state index < -0.39 is 24.3 Å². The lowest BCUT2D eigenvalue weighted by Gasteiger charge is -2.30. The van der Waals surface area contributed by atoms with Crippen molar-refractivity contribution in [3.8, 4) is 0 Å². The predicted molar refractivity (Wildman–Crippen MR) is 46.0 cm³/mol. The van der Waals surface area contributed by atoms with Crippen LogP contribution in [-0.4, -0.2) is 43.2 Å². The van der Waals surface area contributed by atoms with Gasteiger partial charge in [-0.1, -0.05) is 0 Å². The van der Waals surface area contributed by atoms with Gasteiger partial charge in [0.25, 0.3) is 5.92 Å². The predicted octanol–water partition coefficient (Wildman–Crippen LogP) is -0.660. The van der Waals surface area contributed by atoms with E-state index in [1.165, 1.54) is 0 Å². The van der Waals surface area contributed by atoms with Crippen LogP contribution in [0.5, 0.6) is 0 Å². The number of amides is 1. The molecule has 6 heteroatoms. The molecule has 14 heavy (non-hydrogen) atoms. The summed E-state index contributed by atoms with van der Waals surface area (Å²) in [7, 11) is 0. The zero-order valence-corrected chi connectivity index (χ0v) is 7.72. The molecule has 1 fully saturated rings. The van der Waals surface area contributed by atoms with Crippen molar-refractivity contribution in [1.29, 1.82) is 0 Å². The first-order chi connectivity index (χ1) is 6.58. The molecule has 1 heterocycles. The molecular weight excluding hydrogens is 194 g/mol. The van der Waals surface area contributed by atoms with Crippen LogP contribution in [0, 0.1) is 5.92 Å². The Labute approximate surface area is 80.7 Å². The molecule has 1 atom stereocenters. The Kier molecular flexibility index (Phi) is 3.77. The number of alkyl halides is 2. The Bertz CT molecular complexity index is 212. The second kappa shape index (κ2) is 4.65. The van der Waals surface area contributed by atoms with Crippen molar-refractivity contribution in [3.63, 3.8) is 0 Å². The largest absolute Gasteiger partial charge is 0.395 e. The first kappa shape index (κ1) is 11.3. The number of rotatable bonds is 3. The lowest BCUT2D eigenvalue weighted by molar-refractivity contribution is -0.142. The number of carbonyl (C=O) groups is 1. The van der Waals surface area contributed by atoms with Crippen LogP contribution in [0.3, 0.4) is 0 Å². The van der Waals surface area contributed by atoms with Crippen LogP contribution in [0.1, 0.15) is 6.42 Å². The molecule has 0 spiro atoms. The van der Waals surface area contributed by atoms with E-state index in [1.807, 2.05) is 0 Å². The van der Waals surface area contributed by atoms with Gasteiger partial charge in [-0.3, -0.25) is 4.79 Å². The number of hydrogen-bond donors (Lipinski definition) is 3. The van der Waals surface area contributed by atoms with Crippen molar-refractivity contribution in [2.45, 2.75) is 12.3 Å². The molecule has 3 N–H and O–H groups in total. The van der Waals surface area contributed by atoms with Gasteiger partial charge in [-0.05, 0) is 13.0 Å². The second-order valence-corrected chi connectivity index (χ2v) is 3.29. The molecule has 82 valence electrons. The first-order valence-electron chi connectivity index (χ1n) is 4.55. The average Bonchev–Trinajstić information content (AvgIpc) is 2.13. The Morgan fingerprint density at radius 3 is 2.93 bits per heavy atom. The highest BCUT2D eigenvalue weighted by Gasteiger charge is 2.45. The van der Waals surface area contributed by atoms with Crippen LogP contribution < -0.4 is 10.6 Å². The molecule has 0 saturated carbocycles. The van der Waals surface area contributed by atoms with E-state index in [4.69, 9.17) is 5.11 Å². The summed E-state index contributed by atoms with van der Waals surface area (Å²) in [4.78, 5) is 11.2. The Morgan fingerprint density at radius 2 is 2.36 bits per heavy atom. The quantitative estimate of drug-likeness (QED) is 0.577. The smallest absolute Gasteiger partial charge is 0.271 e. The second-order valence-electron chi connectivity index (χ2n) is 3.29. The lowest BCUT2D eigenvalue weighted by Crippen LogP contribution is -2.52. The van der Waals surface area contributed by atoms with Gasteiger partial charge < -0.3 is 15.7 Å². The average molecular weight is 208 g/mol. The minimum Gasteiger partial charge on any atom is -0.395 e. The van der Waals surface area contributed by atoms with Crippen LogP contribution in [0.4, 0.5) is 8.78 Å². The first-order valence-corrected chi connectivity index (χ1v) is 4.55. The van der Waals surface area contributed by atoms with E-state index in [9.17, 15) is 13.6 Å². The topological polar surface area (TPSA) is 61.4 Å². The zero-order valence-electron chi connectivity index (χ0n) is 7.72. The fourth-order valence-electron chi connectivity index (χ4n) is 1.46. The summed E-state index contributed by atoms with van der Waals surface area (Å²) < 4.78 is 26.3. The molecular formula is C8H14F2N2O2. The van der Waals surface area contributed by atoms with Gasteiger partial charge in [0.1, 0.15) is 5.92 Å². The van der Waals surface area contributed by atoms with Gasteiger partial charge in [-0.25, -0.2) is 8.78 Å². The van der Waals surface area contributed by atoms with Gasteiger partial charge >= 0.3 is 0 Å². The lowest BCUT2D eigenvalue weighted by atomic mass is 9.93. The molecule has 0 aromatic rings. The van der Waals surface area contributed by atoms with E-state index >= 15 is 0 Å². The maximum Gasteiger partial charge on any atom is 0.271 e. The van der Waals surface area contributed by atoms with Gasteiger partial charge in [-0.2, -0.15) is 0 Å². The summed E-state index contributed by atoms with van der Waals surface area (Å²) in [6.07, 6.45) is 0.129. The molecule has 0 aliphatic carbocycles. The van der Waals surface area contributed by atoms with E-state index in [-0.39, 0.29) is 19.6 Å². The van der Waals surface area contributed by atoms with Crippen molar-refractivity contribution >= 4 is 5.91 Å². The van der Waals surface area contributed by atoms with Crippen LogP contribution in [0.25, 0.3) is 0 Å². The highest BCUT2D eigenvalue weighted by molar-refractivity contribution is 5.79. The maximum atomic E-state index is 13.2. The highest BCUT2D eigenvalue weighted by Crippen LogP contribution is 2.29. The number of nitrogens with one attached hydrogen (secondary N) is 2. The van der Waals surface area contributed by atoms with Crippen molar-refractivity contribution in [3.05, 3.63) is 0 Å². The Hall–Kier alpha value is -0.750. The number of piperidine rings is 1. The molecule has 0 aromatic heterocycles. The van der Waals surface area contributed by atoms with Gasteiger partial charge in [0, 0.05) is 6.54 Å². The standard InChI is InChI=1S/C8H14F2N2O2/c9-8(10)5-11-2-1-6(8)7(14)12-3-4-13/h6,11,13H,1-5H2,(H,12,14). The van der Waals surface area contributed by atoms with Gasteiger partial charge in [-0.15, -0.1) is 0 Å². The van der Waals surface area contributed by atoms with E-state index in [2.05, 4.69) is 10.6 Å². The van der Waals surface area contributed by atoms with E-state index in [0.29, 0.717) is 6.54 Å². The molecule has 0 radical (unpaired) electrons. The zero-order chi connectivity index (χ0) is 10.6. The van der Waals surface area contributed by atoms with Crippen LogP contribution in [0.15, 0.2) is 0 Å². The molecule has 1 amide bonds. The molecule has 1 unspecified atom stereocenters. The minimum atomic E-state index is -2.99. The third kappa shape index (κ3) is 2.62. The van der Waals surface area contributed by atoms with Crippen LogP contribution in [0.2, 0.25) is 0 Å².